The molecular formula is C9H10F3NO2S. The van der Waals surface area contributed by atoms with Crippen molar-refractivity contribution in [1.29, 1.82) is 0 Å². The van der Waals surface area contributed by atoms with E-state index in [1.54, 1.807) is 0 Å². The summed E-state index contributed by atoms with van der Waals surface area (Å²) < 4.78 is 58.9. The summed E-state index contributed by atoms with van der Waals surface area (Å²) in [5.74, 6) is 0. The SMILES string of the molecule is CC(c1cccc(N)c1)S(=O)(=O)C(F)(F)F. The number of alkyl halides is 3. The third-order valence-corrected chi connectivity index (χ3v) is 4.02. The van der Waals surface area contributed by atoms with Crippen LogP contribution in [0.25, 0.3) is 0 Å². The summed E-state index contributed by atoms with van der Waals surface area (Å²) in [5.41, 5.74) is 0.369. The molecule has 1 atom stereocenters. The molecule has 0 saturated carbocycles. The third-order valence-electron chi connectivity index (χ3n) is 2.17. The van der Waals surface area contributed by atoms with Crippen LogP contribution in [-0.4, -0.2) is 13.9 Å². The predicted octanol–water partition coefficient (Wildman–Crippen LogP) is 2.26. The first-order chi connectivity index (χ1) is 7.16. The van der Waals surface area contributed by atoms with Gasteiger partial charge >= 0.3 is 5.51 Å². The van der Waals surface area contributed by atoms with Crippen molar-refractivity contribution in [1.82, 2.24) is 0 Å². The molecule has 7 heteroatoms. The van der Waals surface area contributed by atoms with Gasteiger partial charge in [0.05, 0.1) is 5.25 Å². The highest BCUT2D eigenvalue weighted by Crippen LogP contribution is 2.35. The molecular weight excluding hydrogens is 243 g/mol. The number of rotatable bonds is 2. The zero-order valence-electron chi connectivity index (χ0n) is 8.32. The second-order valence-corrected chi connectivity index (χ2v) is 5.56. The first-order valence-electron chi connectivity index (χ1n) is 4.32. The van der Waals surface area contributed by atoms with Crippen LogP contribution in [0.15, 0.2) is 24.3 Å². The third kappa shape index (κ3) is 2.29. The highest BCUT2D eigenvalue weighted by atomic mass is 32.2. The van der Waals surface area contributed by atoms with Gasteiger partial charge in [-0.1, -0.05) is 12.1 Å². The Bertz CT molecular complexity index is 482. The van der Waals surface area contributed by atoms with Crippen molar-refractivity contribution in [2.24, 2.45) is 0 Å². The van der Waals surface area contributed by atoms with E-state index in [4.69, 9.17) is 5.73 Å². The highest BCUT2D eigenvalue weighted by molar-refractivity contribution is 7.92. The van der Waals surface area contributed by atoms with E-state index in [9.17, 15) is 21.6 Å². The Hall–Kier alpha value is -1.24. The Morgan fingerprint density at radius 3 is 2.31 bits per heavy atom. The van der Waals surface area contributed by atoms with E-state index in [2.05, 4.69) is 0 Å². The first-order valence-corrected chi connectivity index (χ1v) is 5.86. The van der Waals surface area contributed by atoms with Gasteiger partial charge in [-0.05, 0) is 24.6 Å². The number of nitrogens with two attached hydrogens (primary N) is 1. The molecule has 2 N–H and O–H groups in total. The standard InChI is InChI=1S/C9H10F3NO2S/c1-6(16(14,15)9(10,11)12)7-3-2-4-8(13)5-7/h2-6H,13H2,1H3. The second-order valence-electron chi connectivity index (χ2n) is 3.30. The lowest BCUT2D eigenvalue weighted by Gasteiger charge is -2.15. The molecule has 3 nitrogen and oxygen atoms in total. The zero-order valence-corrected chi connectivity index (χ0v) is 9.14. The zero-order chi connectivity index (χ0) is 12.6. The summed E-state index contributed by atoms with van der Waals surface area (Å²) in [6.45, 7) is 0.984. The van der Waals surface area contributed by atoms with Gasteiger partial charge in [0, 0.05) is 5.69 Å². The van der Waals surface area contributed by atoms with Gasteiger partial charge in [-0.15, -0.1) is 0 Å². The molecule has 0 spiro atoms. The van der Waals surface area contributed by atoms with Gasteiger partial charge in [-0.25, -0.2) is 8.42 Å². The molecule has 90 valence electrons. The van der Waals surface area contributed by atoms with Crippen molar-refractivity contribution < 1.29 is 21.6 Å². The topological polar surface area (TPSA) is 60.2 Å². The number of benzene rings is 1. The minimum atomic E-state index is -5.25. The minimum Gasteiger partial charge on any atom is -0.399 e. The number of hydrogen-bond donors (Lipinski definition) is 1. The lowest BCUT2D eigenvalue weighted by molar-refractivity contribution is -0.0443. The maximum Gasteiger partial charge on any atom is 0.497 e. The summed E-state index contributed by atoms with van der Waals surface area (Å²) >= 11 is 0. The Morgan fingerprint density at radius 1 is 1.31 bits per heavy atom. The molecule has 16 heavy (non-hydrogen) atoms. The monoisotopic (exact) mass is 253 g/mol. The van der Waals surface area contributed by atoms with E-state index in [0.717, 1.165) is 6.92 Å². The van der Waals surface area contributed by atoms with E-state index < -0.39 is 20.6 Å². The van der Waals surface area contributed by atoms with Gasteiger partial charge in [0.1, 0.15) is 0 Å². The van der Waals surface area contributed by atoms with E-state index >= 15 is 0 Å². The van der Waals surface area contributed by atoms with Crippen LogP contribution in [0.1, 0.15) is 17.7 Å². The van der Waals surface area contributed by atoms with Crippen LogP contribution in [0, 0.1) is 0 Å². The smallest absolute Gasteiger partial charge is 0.399 e. The van der Waals surface area contributed by atoms with Crippen LogP contribution in [-0.2, 0) is 9.84 Å². The van der Waals surface area contributed by atoms with Crippen molar-refractivity contribution in [3.63, 3.8) is 0 Å². The van der Waals surface area contributed by atoms with Crippen LogP contribution in [0.3, 0.4) is 0 Å². The second kappa shape index (κ2) is 3.97. The first kappa shape index (κ1) is 12.8. The van der Waals surface area contributed by atoms with E-state index in [1.807, 2.05) is 0 Å². The van der Waals surface area contributed by atoms with Crippen molar-refractivity contribution in [2.75, 3.05) is 5.73 Å². The summed E-state index contributed by atoms with van der Waals surface area (Å²) in [6.07, 6.45) is 0. The number of sulfone groups is 1. The van der Waals surface area contributed by atoms with E-state index in [0.29, 0.717) is 0 Å². The largest absolute Gasteiger partial charge is 0.497 e. The Labute approximate surface area is 91.0 Å². The normalized spacial score (nSPS) is 14.8. The summed E-state index contributed by atoms with van der Waals surface area (Å²) in [7, 11) is -5.20. The molecule has 1 aromatic carbocycles. The summed E-state index contributed by atoms with van der Waals surface area (Å²) in [4.78, 5) is 0. The molecule has 0 radical (unpaired) electrons. The van der Waals surface area contributed by atoms with Gasteiger partial charge in [-0.3, -0.25) is 0 Å². The maximum absolute atomic E-state index is 12.3. The fourth-order valence-electron chi connectivity index (χ4n) is 1.19. The molecule has 0 fully saturated rings. The molecule has 1 aromatic rings. The molecule has 0 aliphatic rings. The highest BCUT2D eigenvalue weighted by Gasteiger charge is 2.49. The number of anilines is 1. The van der Waals surface area contributed by atoms with Crippen LogP contribution in [0.2, 0.25) is 0 Å². The lowest BCUT2D eigenvalue weighted by atomic mass is 10.1. The van der Waals surface area contributed by atoms with Gasteiger partial charge in [0.25, 0.3) is 9.84 Å². The van der Waals surface area contributed by atoms with Gasteiger partial charge in [-0.2, -0.15) is 13.2 Å². The molecule has 0 saturated heterocycles. The van der Waals surface area contributed by atoms with Crippen LogP contribution >= 0.6 is 0 Å². The molecule has 0 amide bonds. The minimum absolute atomic E-state index is 0.0253. The van der Waals surface area contributed by atoms with Gasteiger partial charge in [0.15, 0.2) is 0 Å². The summed E-state index contributed by atoms with van der Waals surface area (Å²) in [6, 6.07) is 5.39. The molecule has 0 aliphatic heterocycles. The average Bonchev–Trinajstić information content (AvgIpc) is 2.14. The number of hydrogen-bond acceptors (Lipinski definition) is 3. The quantitative estimate of drug-likeness (QED) is 0.822. The predicted molar refractivity (Wildman–Crippen MR) is 54.2 cm³/mol. The maximum atomic E-state index is 12.3. The van der Waals surface area contributed by atoms with Crippen molar-refractivity contribution >= 4 is 15.5 Å². The fraction of sp³-hybridized carbons (Fsp3) is 0.333. The fourth-order valence-corrected chi connectivity index (χ4v) is 2.10. The van der Waals surface area contributed by atoms with Gasteiger partial charge in [0.2, 0.25) is 0 Å². The Balaban J connectivity index is 3.18. The Kier molecular flexibility index (Phi) is 3.18. The molecule has 0 bridgehead atoms. The van der Waals surface area contributed by atoms with Crippen molar-refractivity contribution in [3.8, 4) is 0 Å². The Morgan fingerprint density at radius 2 is 1.88 bits per heavy atom. The van der Waals surface area contributed by atoms with E-state index in [1.165, 1.54) is 24.3 Å². The molecule has 0 aliphatic carbocycles. The molecule has 0 aromatic heterocycles. The van der Waals surface area contributed by atoms with Crippen LogP contribution in [0.4, 0.5) is 18.9 Å². The number of halogens is 3. The van der Waals surface area contributed by atoms with E-state index in [-0.39, 0.29) is 11.3 Å². The van der Waals surface area contributed by atoms with Gasteiger partial charge < -0.3 is 5.73 Å². The average molecular weight is 253 g/mol. The van der Waals surface area contributed by atoms with Crippen LogP contribution < -0.4 is 5.73 Å². The van der Waals surface area contributed by atoms with Crippen molar-refractivity contribution in [2.45, 2.75) is 17.7 Å². The number of nitrogen functional groups attached to an aromatic ring is 1. The molecule has 1 rings (SSSR count). The lowest BCUT2D eigenvalue weighted by Crippen LogP contribution is -2.27. The summed E-state index contributed by atoms with van der Waals surface area (Å²) in [5, 5.41) is -1.66. The molecule has 1 unspecified atom stereocenters. The van der Waals surface area contributed by atoms with Crippen molar-refractivity contribution in [3.05, 3.63) is 29.8 Å². The molecule has 0 heterocycles. The van der Waals surface area contributed by atoms with Crippen LogP contribution in [0.5, 0.6) is 0 Å².